The van der Waals surface area contributed by atoms with Crippen LogP contribution in [0, 0.1) is 0 Å². The van der Waals surface area contributed by atoms with E-state index in [2.05, 4.69) is 210 Å². The summed E-state index contributed by atoms with van der Waals surface area (Å²) in [5, 5.41) is 8.89. The summed E-state index contributed by atoms with van der Waals surface area (Å²) in [4.78, 5) is 0. The van der Waals surface area contributed by atoms with Crippen LogP contribution in [0.4, 0.5) is 0 Å². The second-order valence-electron chi connectivity index (χ2n) is 18.0. The Bertz CT molecular complexity index is 2470. The van der Waals surface area contributed by atoms with Crippen LogP contribution in [0.3, 0.4) is 0 Å². The summed E-state index contributed by atoms with van der Waals surface area (Å²) in [6.45, 7) is 24.5. The van der Waals surface area contributed by atoms with Gasteiger partial charge in [0.15, 0.2) is 0 Å². The van der Waals surface area contributed by atoms with Crippen LogP contribution in [-0.4, -0.2) is 25.3 Å². The molecular formula is C48H52N2Si2. The Hall–Kier alpha value is -4.65. The van der Waals surface area contributed by atoms with E-state index >= 15 is 0 Å². The van der Waals surface area contributed by atoms with Crippen LogP contribution in [0.2, 0.25) is 36.3 Å². The minimum Gasteiger partial charge on any atom is -0.309 e. The molecule has 0 spiro atoms. The molecule has 0 aliphatic carbocycles. The molecule has 262 valence electrons. The van der Waals surface area contributed by atoms with Crippen molar-refractivity contribution in [2.75, 3.05) is 0 Å². The molecule has 0 fully saturated rings. The summed E-state index contributed by atoms with van der Waals surface area (Å²) in [5.74, 6) is 0. The Morgan fingerprint density at radius 2 is 0.731 bits per heavy atom. The fourth-order valence-corrected chi connectivity index (χ4v) is 11.5. The fourth-order valence-electron chi connectivity index (χ4n) is 7.79. The van der Waals surface area contributed by atoms with Gasteiger partial charge in [0.05, 0.1) is 38.2 Å². The molecule has 0 unspecified atom stereocenters. The van der Waals surface area contributed by atoms with Crippen LogP contribution in [0.15, 0.2) is 133 Å². The van der Waals surface area contributed by atoms with E-state index in [4.69, 9.17) is 0 Å². The first-order chi connectivity index (χ1) is 24.6. The lowest BCUT2D eigenvalue weighted by Gasteiger charge is -2.37. The molecule has 0 N–H and O–H groups in total. The third-order valence-electron chi connectivity index (χ3n) is 13.1. The summed E-state index contributed by atoms with van der Waals surface area (Å²) < 4.78 is 4.92. The molecule has 0 atom stereocenters. The van der Waals surface area contributed by atoms with Gasteiger partial charge in [-0.25, -0.2) is 0 Å². The van der Waals surface area contributed by atoms with Gasteiger partial charge in [-0.05, 0) is 69.7 Å². The zero-order chi connectivity index (χ0) is 36.8. The predicted octanol–water partition coefficient (Wildman–Crippen LogP) is 13.0. The monoisotopic (exact) mass is 712 g/mol. The van der Waals surface area contributed by atoms with Gasteiger partial charge in [0.1, 0.15) is 0 Å². The van der Waals surface area contributed by atoms with E-state index in [0.717, 1.165) is 0 Å². The molecule has 2 heterocycles. The maximum atomic E-state index is 2.51. The molecule has 0 aliphatic heterocycles. The second-order valence-corrected chi connectivity index (χ2v) is 28.7. The first kappa shape index (κ1) is 34.4. The van der Waals surface area contributed by atoms with Crippen LogP contribution in [-0.2, 0) is 0 Å². The van der Waals surface area contributed by atoms with Gasteiger partial charge < -0.3 is 9.13 Å². The van der Waals surface area contributed by atoms with Gasteiger partial charge in [-0.1, -0.05) is 163 Å². The van der Waals surface area contributed by atoms with Crippen molar-refractivity contribution < 1.29 is 0 Å². The van der Waals surface area contributed by atoms with Crippen LogP contribution < -0.4 is 10.4 Å². The molecule has 6 aromatic carbocycles. The van der Waals surface area contributed by atoms with Gasteiger partial charge in [0.2, 0.25) is 0 Å². The van der Waals surface area contributed by atoms with E-state index in [1.54, 1.807) is 0 Å². The second kappa shape index (κ2) is 11.9. The van der Waals surface area contributed by atoms with Crippen molar-refractivity contribution in [1.82, 2.24) is 9.13 Å². The van der Waals surface area contributed by atoms with E-state index in [1.807, 2.05) is 0 Å². The van der Waals surface area contributed by atoms with Gasteiger partial charge >= 0.3 is 0 Å². The maximum absolute atomic E-state index is 2.51. The van der Waals surface area contributed by atoms with Crippen molar-refractivity contribution in [3.8, 4) is 22.5 Å². The quantitative estimate of drug-likeness (QED) is 0.157. The number of nitrogens with zero attached hydrogens (tertiary/aromatic N) is 2. The van der Waals surface area contributed by atoms with E-state index in [-0.39, 0.29) is 10.1 Å². The molecule has 8 aromatic rings. The van der Waals surface area contributed by atoms with Gasteiger partial charge in [0.25, 0.3) is 0 Å². The lowest BCUT2D eigenvalue weighted by molar-refractivity contribution is 0.729. The molecule has 2 aromatic heterocycles. The van der Waals surface area contributed by atoms with Crippen LogP contribution >= 0.6 is 0 Å². The average molecular weight is 713 g/mol. The number of hydrogen-bond acceptors (Lipinski definition) is 0. The number of fused-ring (bicyclic) bond motifs is 6. The van der Waals surface area contributed by atoms with E-state index < -0.39 is 16.1 Å². The van der Waals surface area contributed by atoms with E-state index in [1.165, 1.54) is 76.5 Å². The minimum atomic E-state index is -1.70. The summed E-state index contributed by atoms with van der Waals surface area (Å²) in [6.07, 6.45) is 0. The first-order valence-electron chi connectivity index (χ1n) is 18.9. The molecular weight excluding hydrogens is 661 g/mol. The number of aromatic nitrogens is 2. The van der Waals surface area contributed by atoms with Crippen molar-refractivity contribution in [3.05, 3.63) is 133 Å². The van der Waals surface area contributed by atoms with Crippen molar-refractivity contribution in [2.24, 2.45) is 0 Å². The number of rotatable bonds is 5. The number of hydrogen-bond donors (Lipinski definition) is 0. The fraction of sp³-hybridized carbons (Fsp3) is 0.250. The smallest absolute Gasteiger partial charge is 0.0859 e. The van der Waals surface area contributed by atoms with Crippen molar-refractivity contribution in [2.45, 2.75) is 77.8 Å². The molecule has 4 heteroatoms. The van der Waals surface area contributed by atoms with Gasteiger partial charge in [-0.15, -0.1) is 0 Å². The van der Waals surface area contributed by atoms with Crippen molar-refractivity contribution in [1.29, 1.82) is 0 Å². The Morgan fingerprint density at radius 3 is 1.12 bits per heavy atom. The molecule has 0 aliphatic rings. The van der Waals surface area contributed by atoms with Crippen molar-refractivity contribution >= 4 is 70.1 Å². The zero-order valence-electron chi connectivity index (χ0n) is 32.6. The third kappa shape index (κ3) is 5.33. The van der Waals surface area contributed by atoms with Crippen LogP contribution in [0.5, 0.6) is 0 Å². The van der Waals surface area contributed by atoms with Gasteiger partial charge in [0, 0.05) is 32.9 Å². The predicted molar refractivity (Wildman–Crippen MR) is 234 cm³/mol. The highest BCUT2D eigenvalue weighted by molar-refractivity contribution is 6.92. The first-order valence-corrected chi connectivity index (χ1v) is 24.9. The number of benzene rings is 6. The minimum absolute atomic E-state index is 0.273. The number of para-hydroxylation sites is 2. The molecule has 0 bridgehead atoms. The van der Waals surface area contributed by atoms with E-state index in [9.17, 15) is 0 Å². The van der Waals surface area contributed by atoms with Crippen LogP contribution in [0.25, 0.3) is 66.1 Å². The van der Waals surface area contributed by atoms with Crippen molar-refractivity contribution in [3.63, 3.8) is 0 Å². The zero-order valence-corrected chi connectivity index (χ0v) is 34.6. The lowest BCUT2D eigenvalue weighted by atomic mass is 10.0. The largest absolute Gasteiger partial charge is 0.309 e. The molecule has 2 nitrogen and oxygen atoms in total. The Kier molecular flexibility index (Phi) is 7.91. The normalized spacial score (nSPS) is 13.2. The molecule has 8 rings (SSSR count). The highest BCUT2D eigenvalue weighted by Gasteiger charge is 2.38. The van der Waals surface area contributed by atoms with Gasteiger partial charge in [-0.2, -0.15) is 0 Å². The van der Waals surface area contributed by atoms with E-state index in [0.29, 0.717) is 0 Å². The Morgan fingerprint density at radius 1 is 0.365 bits per heavy atom. The summed E-state index contributed by atoms with van der Waals surface area (Å²) in [5.41, 5.74) is 9.81. The maximum Gasteiger partial charge on any atom is 0.0859 e. The Labute approximate surface area is 311 Å². The Balaban J connectivity index is 1.26. The molecule has 0 radical (unpaired) electrons. The SMILES string of the molecule is CC(C)(C)[Si](C)(C)c1ccc2c(c1)c1ccccc1n2-c1cccc(-c2cccc(-n3c4ccccc4c4cc([Si](C)(C)C(C)(C)C)ccc43)c2)c1. The van der Waals surface area contributed by atoms with Crippen LogP contribution in [0.1, 0.15) is 41.5 Å². The van der Waals surface area contributed by atoms with Gasteiger partial charge in [-0.3, -0.25) is 0 Å². The highest BCUT2D eigenvalue weighted by Crippen LogP contribution is 2.40. The summed E-state index contributed by atoms with van der Waals surface area (Å²) >= 11 is 0. The molecule has 52 heavy (non-hydrogen) atoms. The topological polar surface area (TPSA) is 9.86 Å². The molecule has 0 saturated carbocycles. The summed E-state index contributed by atoms with van der Waals surface area (Å²) in [6, 6.07) is 50.5. The molecule has 0 amide bonds. The summed E-state index contributed by atoms with van der Waals surface area (Å²) in [7, 11) is -3.40. The highest BCUT2D eigenvalue weighted by atomic mass is 28.3. The molecule has 0 saturated heterocycles. The standard InChI is InChI=1S/C48H52N2Si2/c1-47(2,3)51(7,8)37-25-27-45-41(31-37)39-21-11-13-23-43(39)49(45)35-19-15-17-33(29-35)34-18-16-20-36(30-34)50-44-24-14-12-22-40(44)42-32-38(26-28-46(42)50)52(9,10)48(4,5)6/h11-32H,1-10H3. The third-order valence-corrected chi connectivity index (χ3v) is 24.1. The average Bonchev–Trinajstić information content (AvgIpc) is 3.63. The lowest BCUT2D eigenvalue weighted by Crippen LogP contribution is -2.49.